The van der Waals surface area contributed by atoms with Gasteiger partial charge in [-0.15, -0.1) is 0 Å². The highest BCUT2D eigenvalue weighted by molar-refractivity contribution is 6.08. The maximum Gasteiger partial charge on any atom is 0.272 e. The number of para-hydroxylation sites is 1. The molecule has 3 amide bonds. The van der Waals surface area contributed by atoms with E-state index in [4.69, 9.17) is 0 Å². The van der Waals surface area contributed by atoms with Crippen molar-refractivity contribution in [3.63, 3.8) is 0 Å². The van der Waals surface area contributed by atoms with Gasteiger partial charge in [-0.05, 0) is 37.3 Å². The molecule has 0 spiro atoms. The summed E-state index contributed by atoms with van der Waals surface area (Å²) in [6.45, 7) is 3.92. The van der Waals surface area contributed by atoms with Crippen LogP contribution in [0.2, 0.25) is 0 Å². The van der Waals surface area contributed by atoms with Crippen molar-refractivity contribution in [3.8, 4) is 0 Å². The number of hydrogen-bond acceptors (Lipinski definition) is 6. The van der Waals surface area contributed by atoms with Gasteiger partial charge in [-0.25, -0.2) is 0 Å². The Labute approximate surface area is 197 Å². The largest absolute Gasteiger partial charge is 0.367 e. The predicted molar refractivity (Wildman–Crippen MR) is 128 cm³/mol. The molecule has 1 aliphatic rings. The molecule has 10 heteroatoms. The number of rotatable bonds is 6. The van der Waals surface area contributed by atoms with Gasteiger partial charge in [-0.2, -0.15) is 5.10 Å². The van der Waals surface area contributed by atoms with Gasteiger partial charge < -0.3 is 20.4 Å². The van der Waals surface area contributed by atoms with E-state index in [9.17, 15) is 14.4 Å². The number of aryl methyl sites for hydroxylation is 2. The van der Waals surface area contributed by atoms with E-state index in [-0.39, 0.29) is 24.3 Å². The molecule has 0 atom stereocenters. The van der Waals surface area contributed by atoms with Gasteiger partial charge in [-0.1, -0.05) is 12.1 Å². The SMILES string of the molecule is Cc1cc(C(=O)NCC(=O)N2CCN(c3ccccc3C(=O)Nc3cccnc3)CC2)nn1C. The van der Waals surface area contributed by atoms with E-state index in [2.05, 4.69) is 25.6 Å². The molecular weight excluding hydrogens is 434 g/mol. The van der Waals surface area contributed by atoms with Gasteiger partial charge in [0, 0.05) is 50.8 Å². The summed E-state index contributed by atoms with van der Waals surface area (Å²) in [5, 5.41) is 9.65. The zero-order valence-corrected chi connectivity index (χ0v) is 19.2. The van der Waals surface area contributed by atoms with E-state index in [1.807, 2.05) is 25.1 Å². The lowest BCUT2D eigenvalue weighted by atomic mass is 10.1. The van der Waals surface area contributed by atoms with Crippen molar-refractivity contribution >= 4 is 29.1 Å². The molecule has 0 saturated carbocycles. The topological polar surface area (TPSA) is 112 Å². The first kappa shape index (κ1) is 23.0. The van der Waals surface area contributed by atoms with Crippen LogP contribution in [0.1, 0.15) is 26.5 Å². The molecule has 1 aliphatic heterocycles. The number of nitrogens with zero attached hydrogens (tertiary/aromatic N) is 5. The third kappa shape index (κ3) is 5.22. The Bertz CT molecular complexity index is 1160. The van der Waals surface area contributed by atoms with Crippen LogP contribution in [-0.2, 0) is 11.8 Å². The fourth-order valence-electron chi connectivity index (χ4n) is 3.80. The van der Waals surface area contributed by atoms with Crippen molar-refractivity contribution in [1.82, 2.24) is 25.0 Å². The summed E-state index contributed by atoms with van der Waals surface area (Å²) >= 11 is 0. The van der Waals surface area contributed by atoms with Gasteiger partial charge >= 0.3 is 0 Å². The maximum absolute atomic E-state index is 12.9. The summed E-state index contributed by atoms with van der Waals surface area (Å²) < 4.78 is 1.62. The number of piperazine rings is 1. The molecule has 34 heavy (non-hydrogen) atoms. The summed E-state index contributed by atoms with van der Waals surface area (Å²) in [5.41, 5.74) is 3.15. The average Bonchev–Trinajstić information content (AvgIpc) is 3.21. The fourth-order valence-corrected chi connectivity index (χ4v) is 3.80. The summed E-state index contributed by atoms with van der Waals surface area (Å²) in [7, 11) is 1.76. The lowest BCUT2D eigenvalue weighted by Gasteiger charge is -2.36. The first-order chi connectivity index (χ1) is 16.4. The number of carbonyl (C=O) groups is 3. The number of anilines is 2. The Morgan fingerprint density at radius 3 is 2.44 bits per heavy atom. The van der Waals surface area contributed by atoms with Crippen LogP contribution < -0.4 is 15.5 Å². The van der Waals surface area contributed by atoms with Gasteiger partial charge in [0.05, 0.1) is 24.0 Å². The van der Waals surface area contributed by atoms with Crippen LogP contribution in [0, 0.1) is 6.92 Å². The van der Waals surface area contributed by atoms with E-state index in [0.29, 0.717) is 43.1 Å². The van der Waals surface area contributed by atoms with Gasteiger partial charge in [0.25, 0.3) is 11.8 Å². The highest BCUT2D eigenvalue weighted by Crippen LogP contribution is 2.23. The summed E-state index contributed by atoms with van der Waals surface area (Å²) in [6, 6.07) is 12.6. The van der Waals surface area contributed by atoms with Gasteiger partial charge in [0.1, 0.15) is 5.69 Å². The monoisotopic (exact) mass is 461 g/mol. The highest BCUT2D eigenvalue weighted by Gasteiger charge is 2.24. The van der Waals surface area contributed by atoms with Gasteiger partial charge in [0.2, 0.25) is 5.91 Å². The summed E-state index contributed by atoms with van der Waals surface area (Å²) in [4.78, 5) is 45.6. The lowest BCUT2D eigenvalue weighted by molar-refractivity contribution is -0.130. The number of carbonyl (C=O) groups excluding carboxylic acids is 3. The van der Waals surface area contributed by atoms with E-state index in [0.717, 1.165) is 11.4 Å². The molecule has 3 heterocycles. The molecule has 0 radical (unpaired) electrons. The van der Waals surface area contributed by atoms with Crippen molar-refractivity contribution in [2.24, 2.45) is 7.05 Å². The molecule has 2 aromatic heterocycles. The van der Waals surface area contributed by atoms with E-state index < -0.39 is 0 Å². The molecule has 1 fully saturated rings. The molecule has 1 aromatic carbocycles. The first-order valence-corrected chi connectivity index (χ1v) is 11.0. The molecule has 10 nitrogen and oxygen atoms in total. The number of amides is 3. The summed E-state index contributed by atoms with van der Waals surface area (Å²) in [5.74, 6) is -0.734. The van der Waals surface area contributed by atoms with Crippen molar-refractivity contribution in [3.05, 3.63) is 71.8 Å². The molecule has 3 aromatic rings. The molecule has 0 unspecified atom stereocenters. The zero-order valence-electron chi connectivity index (χ0n) is 19.2. The second-order valence-electron chi connectivity index (χ2n) is 8.06. The minimum absolute atomic E-state index is 0.0848. The van der Waals surface area contributed by atoms with Crippen LogP contribution >= 0.6 is 0 Å². The van der Waals surface area contributed by atoms with Crippen molar-refractivity contribution < 1.29 is 14.4 Å². The third-order valence-corrected chi connectivity index (χ3v) is 5.79. The number of hydrogen-bond donors (Lipinski definition) is 2. The Hall–Kier alpha value is -4.21. The minimum atomic E-state index is -0.371. The molecule has 176 valence electrons. The van der Waals surface area contributed by atoms with Crippen molar-refractivity contribution in [2.45, 2.75) is 6.92 Å². The van der Waals surface area contributed by atoms with Crippen LogP contribution in [-0.4, -0.2) is 70.1 Å². The average molecular weight is 462 g/mol. The fraction of sp³-hybridized carbons (Fsp3) is 0.292. The van der Waals surface area contributed by atoms with E-state index in [1.54, 1.807) is 53.3 Å². The van der Waals surface area contributed by atoms with Crippen LogP contribution in [0.15, 0.2) is 54.9 Å². The molecule has 0 bridgehead atoms. The number of aromatic nitrogens is 3. The second-order valence-corrected chi connectivity index (χ2v) is 8.06. The number of pyridine rings is 1. The van der Waals surface area contributed by atoms with Crippen molar-refractivity contribution in [2.75, 3.05) is 42.9 Å². The first-order valence-electron chi connectivity index (χ1n) is 11.0. The third-order valence-electron chi connectivity index (χ3n) is 5.79. The summed E-state index contributed by atoms with van der Waals surface area (Å²) in [6.07, 6.45) is 3.24. The van der Waals surface area contributed by atoms with Crippen LogP contribution in [0.5, 0.6) is 0 Å². The Kier molecular flexibility index (Phi) is 6.86. The number of nitrogens with one attached hydrogen (secondary N) is 2. The highest BCUT2D eigenvalue weighted by atomic mass is 16.2. The molecule has 4 rings (SSSR count). The Balaban J connectivity index is 1.32. The minimum Gasteiger partial charge on any atom is -0.367 e. The zero-order chi connectivity index (χ0) is 24.1. The lowest BCUT2D eigenvalue weighted by Crippen LogP contribution is -2.51. The Morgan fingerprint density at radius 2 is 1.76 bits per heavy atom. The maximum atomic E-state index is 12.9. The molecule has 0 aliphatic carbocycles. The second kappa shape index (κ2) is 10.2. The number of benzene rings is 1. The van der Waals surface area contributed by atoms with Gasteiger partial charge in [0.15, 0.2) is 0 Å². The van der Waals surface area contributed by atoms with Crippen LogP contribution in [0.25, 0.3) is 0 Å². The van der Waals surface area contributed by atoms with Crippen LogP contribution in [0.4, 0.5) is 11.4 Å². The molecular formula is C24H27N7O3. The van der Waals surface area contributed by atoms with Crippen molar-refractivity contribution in [1.29, 1.82) is 0 Å². The quantitative estimate of drug-likeness (QED) is 0.575. The molecule has 1 saturated heterocycles. The molecule has 2 N–H and O–H groups in total. The predicted octanol–water partition coefficient (Wildman–Crippen LogP) is 1.45. The smallest absolute Gasteiger partial charge is 0.272 e. The standard InChI is InChI=1S/C24H27N7O3/c1-17-14-20(28-29(17)2)24(34)26-16-22(32)31-12-10-30(11-13-31)21-8-4-3-7-19(21)23(33)27-18-6-5-9-25-15-18/h3-9,14-15H,10-13,16H2,1-2H3,(H,26,34)(H,27,33). The van der Waals surface area contributed by atoms with Gasteiger partial charge in [-0.3, -0.25) is 24.0 Å². The van der Waals surface area contributed by atoms with E-state index >= 15 is 0 Å². The normalized spacial score (nSPS) is 13.5. The van der Waals surface area contributed by atoms with Crippen LogP contribution in [0.3, 0.4) is 0 Å². The van der Waals surface area contributed by atoms with E-state index in [1.165, 1.54) is 0 Å². The Morgan fingerprint density at radius 1 is 1.00 bits per heavy atom.